The quantitative estimate of drug-likeness (QED) is 0.551. The van der Waals surface area contributed by atoms with Gasteiger partial charge in [-0.25, -0.2) is 4.98 Å². The number of benzene rings is 2. The van der Waals surface area contributed by atoms with E-state index in [1.165, 1.54) is 0 Å². The number of carbonyl (C=O) groups is 1. The number of halogens is 1. The fraction of sp³-hybridized carbons (Fsp3) is 0.0476. The Labute approximate surface area is 155 Å². The van der Waals surface area contributed by atoms with E-state index in [-0.39, 0.29) is 5.91 Å². The van der Waals surface area contributed by atoms with Crippen LogP contribution in [0.5, 0.6) is 0 Å². The molecule has 0 saturated carbocycles. The summed E-state index contributed by atoms with van der Waals surface area (Å²) in [5.74, 6) is 0.523. The maximum atomic E-state index is 12.8. The lowest BCUT2D eigenvalue weighted by Crippen LogP contribution is -2.23. The number of rotatable bonds is 4. The normalized spacial score (nSPS) is 10.8. The van der Waals surface area contributed by atoms with Crippen LogP contribution < -0.4 is 5.32 Å². The van der Waals surface area contributed by atoms with Crippen molar-refractivity contribution in [3.63, 3.8) is 0 Å². The van der Waals surface area contributed by atoms with E-state index in [0.29, 0.717) is 28.6 Å². The Kier molecular flexibility index (Phi) is 4.42. The lowest BCUT2D eigenvalue weighted by Gasteiger charge is -2.10. The molecule has 0 fully saturated rings. The van der Waals surface area contributed by atoms with Crippen LogP contribution in [0.25, 0.3) is 22.2 Å². The average molecular weight is 363 g/mol. The van der Waals surface area contributed by atoms with E-state index in [4.69, 9.17) is 16.0 Å². The Balaban J connectivity index is 1.75. The van der Waals surface area contributed by atoms with Gasteiger partial charge in [0.15, 0.2) is 0 Å². The molecule has 0 atom stereocenters. The van der Waals surface area contributed by atoms with Crippen molar-refractivity contribution in [1.29, 1.82) is 0 Å². The van der Waals surface area contributed by atoms with Crippen LogP contribution in [0.3, 0.4) is 0 Å². The molecule has 0 aliphatic carbocycles. The minimum Gasteiger partial charge on any atom is -0.467 e. The van der Waals surface area contributed by atoms with E-state index in [1.54, 1.807) is 18.4 Å². The Morgan fingerprint density at radius 3 is 2.73 bits per heavy atom. The number of pyridine rings is 1. The summed E-state index contributed by atoms with van der Waals surface area (Å²) in [7, 11) is 0. The van der Waals surface area contributed by atoms with Crippen molar-refractivity contribution >= 4 is 28.4 Å². The number of fused-ring (bicyclic) bond motifs is 1. The molecule has 128 valence electrons. The van der Waals surface area contributed by atoms with Crippen LogP contribution in [-0.4, -0.2) is 10.9 Å². The van der Waals surface area contributed by atoms with E-state index in [1.807, 2.05) is 54.6 Å². The molecule has 0 radical (unpaired) electrons. The number of para-hydroxylation sites is 1. The Bertz CT molecular complexity index is 1070. The number of carbonyl (C=O) groups excluding carboxylic acids is 1. The molecule has 1 amide bonds. The largest absolute Gasteiger partial charge is 0.467 e. The fourth-order valence-electron chi connectivity index (χ4n) is 2.83. The first-order chi connectivity index (χ1) is 12.7. The summed E-state index contributed by atoms with van der Waals surface area (Å²) >= 11 is 6.10. The molecular weight excluding hydrogens is 348 g/mol. The van der Waals surface area contributed by atoms with Crippen molar-refractivity contribution in [3.8, 4) is 11.3 Å². The SMILES string of the molecule is O=C(NCc1ccco1)c1cc(-c2cccc(Cl)c2)nc2ccccc12. The molecule has 0 aliphatic heterocycles. The first-order valence-corrected chi connectivity index (χ1v) is 8.55. The van der Waals surface area contributed by atoms with Gasteiger partial charge in [-0.3, -0.25) is 4.79 Å². The molecular formula is C21H15ClN2O2. The number of amides is 1. The highest BCUT2D eigenvalue weighted by molar-refractivity contribution is 6.30. The molecule has 2 aromatic carbocycles. The smallest absolute Gasteiger partial charge is 0.252 e. The number of nitrogens with zero attached hydrogens (tertiary/aromatic N) is 1. The third-order valence-electron chi connectivity index (χ3n) is 4.08. The van der Waals surface area contributed by atoms with Crippen LogP contribution in [0.2, 0.25) is 5.02 Å². The summed E-state index contributed by atoms with van der Waals surface area (Å²) in [5, 5.41) is 4.32. The number of nitrogens with one attached hydrogen (secondary N) is 1. The summed E-state index contributed by atoms with van der Waals surface area (Å²) in [6.07, 6.45) is 1.58. The minimum atomic E-state index is -0.178. The number of furan rings is 1. The highest BCUT2D eigenvalue weighted by Crippen LogP contribution is 2.26. The number of hydrogen-bond donors (Lipinski definition) is 1. The highest BCUT2D eigenvalue weighted by Gasteiger charge is 2.14. The zero-order chi connectivity index (χ0) is 17.9. The third-order valence-corrected chi connectivity index (χ3v) is 4.32. The van der Waals surface area contributed by atoms with Gasteiger partial charge >= 0.3 is 0 Å². The van der Waals surface area contributed by atoms with Gasteiger partial charge in [0, 0.05) is 16.0 Å². The molecule has 2 aromatic heterocycles. The Morgan fingerprint density at radius 1 is 1.04 bits per heavy atom. The summed E-state index contributed by atoms with van der Waals surface area (Å²) < 4.78 is 5.27. The molecule has 0 bridgehead atoms. The van der Waals surface area contributed by atoms with Crippen LogP contribution in [0, 0.1) is 0 Å². The molecule has 5 heteroatoms. The fourth-order valence-corrected chi connectivity index (χ4v) is 3.03. The molecule has 0 spiro atoms. The van der Waals surface area contributed by atoms with Gasteiger partial charge in [-0.2, -0.15) is 0 Å². The van der Waals surface area contributed by atoms with Gasteiger partial charge in [0.25, 0.3) is 5.91 Å². The first kappa shape index (κ1) is 16.4. The van der Waals surface area contributed by atoms with Crippen LogP contribution >= 0.6 is 11.6 Å². The predicted molar refractivity (Wildman–Crippen MR) is 102 cm³/mol. The molecule has 2 heterocycles. The zero-order valence-electron chi connectivity index (χ0n) is 13.8. The Morgan fingerprint density at radius 2 is 1.92 bits per heavy atom. The van der Waals surface area contributed by atoms with Crippen molar-refractivity contribution in [2.24, 2.45) is 0 Å². The molecule has 4 aromatic rings. The first-order valence-electron chi connectivity index (χ1n) is 8.17. The lowest BCUT2D eigenvalue weighted by atomic mass is 10.0. The second-order valence-electron chi connectivity index (χ2n) is 5.84. The predicted octanol–water partition coefficient (Wildman–Crippen LogP) is 5.08. The van der Waals surface area contributed by atoms with Crippen molar-refractivity contribution in [2.75, 3.05) is 0 Å². The molecule has 1 N–H and O–H groups in total. The van der Waals surface area contributed by atoms with Crippen molar-refractivity contribution in [1.82, 2.24) is 10.3 Å². The van der Waals surface area contributed by atoms with E-state index in [2.05, 4.69) is 10.3 Å². The van der Waals surface area contributed by atoms with Crippen molar-refractivity contribution in [2.45, 2.75) is 6.54 Å². The van der Waals surface area contributed by atoms with Gasteiger partial charge in [-0.1, -0.05) is 41.9 Å². The van der Waals surface area contributed by atoms with Crippen molar-refractivity contribution < 1.29 is 9.21 Å². The monoisotopic (exact) mass is 362 g/mol. The summed E-state index contributed by atoms with van der Waals surface area (Å²) in [5.41, 5.74) is 2.89. The summed E-state index contributed by atoms with van der Waals surface area (Å²) in [6, 6.07) is 20.4. The number of hydrogen-bond acceptors (Lipinski definition) is 3. The second kappa shape index (κ2) is 7.02. The summed E-state index contributed by atoms with van der Waals surface area (Å²) in [6.45, 7) is 0.328. The third kappa shape index (κ3) is 3.32. The van der Waals surface area contributed by atoms with E-state index in [0.717, 1.165) is 16.5 Å². The molecule has 0 aliphatic rings. The van der Waals surface area contributed by atoms with Crippen LogP contribution in [0.15, 0.2) is 77.4 Å². The zero-order valence-corrected chi connectivity index (χ0v) is 14.5. The lowest BCUT2D eigenvalue weighted by molar-refractivity contribution is 0.0949. The van der Waals surface area contributed by atoms with Gasteiger partial charge in [0.05, 0.1) is 29.6 Å². The topological polar surface area (TPSA) is 55.1 Å². The second-order valence-corrected chi connectivity index (χ2v) is 6.28. The maximum Gasteiger partial charge on any atom is 0.252 e. The van der Waals surface area contributed by atoms with Crippen molar-refractivity contribution in [3.05, 3.63) is 89.3 Å². The molecule has 0 saturated heterocycles. The molecule has 0 unspecified atom stereocenters. The standard InChI is InChI=1S/C21H15ClN2O2/c22-15-6-3-5-14(11-15)20-12-18(17-8-1-2-9-19(17)24-20)21(25)23-13-16-7-4-10-26-16/h1-12H,13H2,(H,23,25). The average Bonchev–Trinajstić information content (AvgIpc) is 3.19. The van der Waals surface area contributed by atoms with Gasteiger partial charge in [0.1, 0.15) is 5.76 Å². The summed E-state index contributed by atoms with van der Waals surface area (Å²) in [4.78, 5) is 17.5. The van der Waals surface area contributed by atoms with Crippen LogP contribution in [0.4, 0.5) is 0 Å². The minimum absolute atomic E-state index is 0.178. The van der Waals surface area contributed by atoms with Crippen LogP contribution in [0.1, 0.15) is 16.1 Å². The van der Waals surface area contributed by atoms with Gasteiger partial charge in [-0.05, 0) is 36.4 Å². The van der Waals surface area contributed by atoms with Gasteiger partial charge in [-0.15, -0.1) is 0 Å². The Hall–Kier alpha value is -3.11. The van der Waals surface area contributed by atoms with E-state index in [9.17, 15) is 4.79 Å². The van der Waals surface area contributed by atoms with Crippen LogP contribution in [-0.2, 0) is 6.54 Å². The van der Waals surface area contributed by atoms with E-state index >= 15 is 0 Å². The molecule has 4 nitrogen and oxygen atoms in total. The van der Waals surface area contributed by atoms with E-state index < -0.39 is 0 Å². The maximum absolute atomic E-state index is 12.8. The molecule has 4 rings (SSSR count). The van der Waals surface area contributed by atoms with Gasteiger partial charge < -0.3 is 9.73 Å². The van der Waals surface area contributed by atoms with Gasteiger partial charge in [0.2, 0.25) is 0 Å². The molecule has 26 heavy (non-hydrogen) atoms. The number of aromatic nitrogens is 1. The highest BCUT2D eigenvalue weighted by atomic mass is 35.5.